The molecule has 3 aromatic rings. The van der Waals surface area contributed by atoms with Crippen molar-refractivity contribution in [3.05, 3.63) is 48.4 Å². The lowest BCUT2D eigenvalue weighted by Gasteiger charge is -2.14. The first-order valence-electron chi connectivity index (χ1n) is 10.3. The maximum Gasteiger partial charge on any atom is 0.282 e. The molecular formula is C22H24IN3O3S. The minimum atomic E-state index is -0.0988. The van der Waals surface area contributed by atoms with E-state index >= 15 is 0 Å². The van der Waals surface area contributed by atoms with Crippen molar-refractivity contribution in [2.75, 3.05) is 13.2 Å². The van der Waals surface area contributed by atoms with E-state index in [4.69, 9.17) is 9.47 Å². The molecule has 158 valence electrons. The van der Waals surface area contributed by atoms with E-state index in [1.165, 1.54) is 27.9 Å². The van der Waals surface area contributed by atoms with Gasteiger partial charge in [0.2, 0.25) is 0 Å². The minimum Gasteiger partial charge on any atom is -0.490 e. The molecule has 0 radical (unpaired) electrons. The van der Waals surface area contributed by atoms with E-state index in [-0.39, 0.29) is 5.56 Å². The van der Waals surface area contributed by atoms with Crippen molar-refractivity contribution in [1.29, 1.82) is 0 Å². The van der Waals surface area contributed by atoms with Crippen molar-refractivity contribution in [3.8, 4) is 11.5 Å². The average Bonchev–Trinajstić information content (AvgIpc) is 3.12. The van der Waals surface area contributed by atoms with Crippen LogP contribution >= 0.6 is 33.9 Å². The van der Waals surface area contributed by atoms with Crippen molar-refractivity contribution in [3.63, 3.8) is 0 Å². The standard InChI is InChI=1S/C22H24IN3O3S/c1-3-9-29-20-16(23)10-14(11-17(20)28-4-2)12-25-26-13-24-21-19(22(26)27)15-7-5-6-8-18(15)30-21/h10-13H,3-9H2,1-2H3/b25-12-. The molecule has 0 atom stereocenters. The van der Waals surface area contributed by atoms with E-state index in [0.29, 0.717) is 19.0 Å². The van der Waals surface area contributed by atoms with Gasteiger partial charge in [0, 0.05) is 4.88 Å². The summed E-state index contributed by atoms with van der Waals surface area (Å²) in [6.07, 6.45) is 8.42. The first-order valence-corrected chi connectivity index (χ1v) is 12.2. The van der Waals surface area contributed by atoms with Gasteiger partial charge in [-0.25, -0.2) is 4.98 Å². The van der Waals surface area contributed by atoms with E-state index in [1.807, 2.05) is 19.1 Å². The number of hydrogen-bond acceptors (Lipinski definition) is 6. The molecule has 0 N–H and O–H groups in total. The summed E-state index contributed by atoms with van der Waals surface area (Å²) in [6.45, 7) is 5.19. The number of thiophene rings is 1. The van der Waals surface area contributed by atoms with Crippen LogP contribution in [0.4, 0.5) is 0 Å². The maximum absolute atomic E-state index is 13.1. The molecule has 1 aliphatic rings. The summed E-state index contributed by atoms with van der Waals surface area (Å²) in [6, 6.07) is 3.87. The van der Waals surface area contributed by atoms with Crippen LogP contribution < -0.4 is 15.0 Å². The summed E-state index contributed by atoms with van der Waals surface area (Å²) in [5, 5.41) is 5.15. The second-order valence-electron chi connectivity index (χ2n) is 7.14. The number of rotatable bonds is 7. The molecule has 0 saturated carbocycles. The summed E-state index contributed by atoms with van der Waals surface area (Å²) < 4.78 is 13.9. The normalized spacial score (nSPS) is 13.7. The third-order valence-corrected chi connectivity index (χ3v) is 6.97. The lowest BCUT2D eigenvalue weighted by molar-refractivity contribution is 0.275. The zero-order chi connectivity index (χ0) is 21.1. The van der Waals surface area contributed by atoms with E-state index in [0.717, 1.165) is 50.8 Å². The number of aryl methyl sites for hydroxylation is 2. The van der Waals surface area contributed by atoms with Gasteiger partial charge in [0.15, 0.2) is 11.5 Å². The van der Waals surface area contributed by atoms with Crippen LogP contribution in [0.1, 0.15) is 49.1 Å². The molecule has 0 spiro atoms. The van der Waals surface area contributed by atoms with Crippen LogP contribution in [0, 0.1) is 3.57 Å². The molecule has 0 saturated heterocycles. The molecule has 0 amide bonds. The van der Waals surface area contributed by atoms with Gasteiger partial charge in [-0.15, -0.1) is 11.3 Å². The van der Waals surface area contributed by atoms with Crippen LogP contribution in [0.15, 0.2) is 28.4 Å². The molecule has 30 heavy (non-hydrogen) atoms. The van der Waals surface area contributed by atoms with Gasteiger partial charge in [0.05, 0.1) is 28.4 Å². The van der Waals surface area contributed by atoms with Gasteiger partial charge in [-0.05, 0) is 84.9 Å². The number of hydrogen-bond donors (Lipinski definition) is 0. The summed E-state index contributed by atoms with van der Waals surface area (Å²) in [7, 11) is 0. The van der Waals surface area contributed by atoms with E-state index in [1.54, 1.807) is 17.6 Å². The van der Waals surface area contributed by atoms with Crippen molar-refractivity contribution in [2.45, 2.75) is 46.0 Å². The molecule has 2 aromatic heterocycles. The van der Waals surface area contributed by atoms with Gasteiger partial charge >= 0.3 is 0 Å². The number of benzene rings is 1. The van der Waals surface area contributed by atoms with Crippen LogP contribution in [0.3, 0.4) is 0 Å². The van der Waals surface area contributed by atoms with E-state index < -0.39 is 0 Å². The maximum atomic E-state index is 13.1. The Labute approximate surface area is 193 Å². The van der Waals surface area contributed by atoms with Crippen LogP contribution in [-0.4, -0.2) is 29.1 Å². The minimum absolute atomic E-state index is 0.0988. The van der Waals surface area contributed by atoms with Crippen LogP contribution in [-0.2, 0) is 12.8 Å². The first kappa shape index (κ1) is 21.3. The molecule has 0 fully saturated rings. The highest BCUT2D eigenvalue weighted by Crippen LogP contribution is 2.35. The van der Waals surface area contributed by atoms with Crippen molar-refractivity contribution < 1.29 is 9.47 Å². The molecule has 4 rings (SSSR count). The van der Waals surface area contributed by atoms with Gasteiger partial charge in [-0.2, -0.15) is 9.78 Å². The van der Waals surface area contributed by atoms with Crippen LogP contribution in [0.5, 0.6) is 11.5 Å². The Morgan fingerprint density at radius 1 is 1.27 bits per heavy atom. The molecule has 2 heterocycles. The van der Waals surface area contributed by atoms with Crippen LogP contribution in [0.2, 0.25) is 0 Å². The zero-order valence-corrected chi connectivity index (χ0v) is 20.1. The summed E-state index contributed by atoms with van der Waals surface area (Å²) >= 11 is 3.89. The van der Waals surface area contributed by atoms with Crippen molar-refractivity contribution >= 4 is 50.4 Å². The van der Waals surface area contributed by atoms with Gasteiger partial charge < -0.3 is 9.47 Å². The van der Waals surface area contributed by atoms with Crippen molar-refractivity contribution in [2.24, 2.45) is 5.10 Å². The second-order valence-corrected chi connectivity index (χ2v) is 9.39. The zero-order valence-electron chi connectivity index (χ0n) is 17.1. The lowest BCUT2D eigenvalue weighted by atomic mass is 9.97. The SMILES string of the molecule is CCCOc1c(I)cc(/C=N\n2cnc3sc4c(c3c2=O)CCCC4)cc1OCC. The third kappa shape index (κ3) is 4.25. The Morgan fingerprint density at radius 3 is 2.90 bits per heavy atom. The number of ether oxygens (including phenoxy) is 2. The van der Waals surface area contributed by atoms with Crippen molar-refractivity contribution in [1.82, 2.24) is 9.66 Å². The Hall–Kier alpha value is -1.94. The monoisotopic (exact) mass is 537 g/mol. The Balaban J connectivity index is 1.69. The quantitative estimate of drug-likeness (QED) is 0.314. The smallest absolute Gasteiger partial charge is 0.282 e. The highest BCUT2D eigenvalue weighted by atomic mass is 127. The second kappa shape index (κ2) is 9.47. The molecule has 6 nitrogen and oxygen atoms in total. The molecule has 1 aromatic carbocycles. The number of nitrogens with zero attached hydrogens (tertiary/aromatic N) is 3. The van der Waals surface area contributed by atoms with E-state index in [9.17, 15) is 4.79 Å². The number of aromatic nitrogens is 2. The fourth-order valence-corrected chi connectivity index (χ4v) is 5.62. The molecule has 0 unspecified atom stereocenters. The highest BCUT2D eigenvalue weighted by Gasteiger charge is 2.20. The molecular weight excluding hydrogens is 513 g/mol. The predicted octanol–water partition coefficient (Wildman–Crippen LogP) is 5.01. The fourth-order valence-electron chi connectivity index (χ4n) is 3.62. The first-order chi connectivity index (χ1) is 14.6. The van der Waals surface area contributed by atoms with Gasteiger partial charge in [0.1, 0.15) is 11.2 Å². The largest absolute Gasteiger partial charge is 0.490 e. The summed E-state index contributed by atoms with van der Waals surface area (Å²) in [4.78, 5) is 19.7. The third-order valence-electron chi connectivity index (χ3n) is 4.97. The van der Waals surface area contributed by atoms with Gasteiger partial charge in [-0.3, -0.25) is 4.79 Å². The highest BCUT2D eigenvalue weighted by molar-refractivity contribution is 14.1. The Bertz CT molecular complexity index is 1150. The van der Waals surface area contributed by atoms with E-state index in [2.05, 4.69) is 39.6 Å². The van der Waals surface area contributed by atoms with Crippen LogP contribution in [0.25, 0.3) is 10.2 Å². The topological polar surface area (TPSA) is 65.7 Å². The lowest BCUT2D eigenvalue weighted by Crippen LogP contribution is -2.18. The Morgan fingerprint density at radius 2 is 2.10 bits per heavy atom. The van der Waals surface area contributed by atoms with Gasteiger partial charge in [0.25, 0.3) is 5.56 Å². The van der Waals surface area contributed by atoms with Gasteiger partial charge in [-0.1, -0.05) is 6.92 Å². The number of halogens is 1. The summed E-state index contributed by atoms with van der Waals surface area (Å²) in [5.41, 5.74) is 1.92. The Kier molecular flexibility index (Phi) is 6.72. The molecule has 1 aliphatic carbocycles. The number of fused-ring (bicyclic) bond motifs is 3. The molecule has 0 bridgehead atoms. The fraction of sp³-hybridized carbons (Fsp3) is 0.409. The molecule has 8 heteroatoms. The summed E-state index contributed by atoms with van der Waals surface area (Å²) in [5.74, 6) is 1.44. The average molecular weight is 537 g/mol. The predicted molar refractivity (Wildman–Crippen MR) is 130 cm³/mol. The molecule has 0 aliphatic heterocycles.